The van der Waals surface area contributed by atoms with Crippen molar-refractivity contribution in [3.63, 3.8) is 0 Å². The molecule has 35 heavy (non-hydrogen) atoms. The van der Waals surface area contributed by atoms with Crippen LogP contribution in [0.2, 0.25) is 0 Å². The van der Waals surface area contributed by atoms with Gasteiger partial charge in [-0.2, -0.15) is 8.78 Å². The normalized spacial score (nSPS) is 19.3. The number of likely N-dealkylation sites (N-methyl/N-ethyl adjacent to an activating group) is 1. The highest BCUT2D eigenvalue weighted by Crippen LogP contribution is 2.45. The van der Waals surface area contributed by atoms with E-state index in [4.69, 9.17) is 0 Å². The van der Waals surface area contributed by atoms with Gasteiger partial charge in [0.15, 0.2) is 0 Å². The van der Waals surface area contributed by atoms with Crippen LogP contribution in [0.3, 0.4) is 0 Å². The maximum absolute atomic E-state index is 15.3. The molecule has 1 aromatic heterocycles. The number of carbonyl (C=O) groups excluding carboxylic acids is 1. The molecule has 4 rings (SSSR count). The maximum atomic E-state index is 15.3. The predicted molar refractivity (Wildman–Crippen MR) is 125 cm³/mol. The Balaban J connectivity index is 1.79. The monoisotopic (exact) mass is 490 g/mol. The van der Waals surface area contributed by atoms with Crippen LogP contribution >= 0.6 is 0 Å². The minimum Gasteiger partial charge on any atom is -0.384 e. The predicted octanol–water partition coefficient (Wildman–Crippen LogP) is 5.27. The molecule has 6 nitrogen and oxygen atoms in total. The lowest BCUT2D eigenvalue weighted by molar-refractivity contribution is -0.170. The molecule has 0 saturated carbocycles. The van der Waals surface area contributed by atoms with E-state index in [1.165, 1.54) is 37.1 Å². The van der Waals surface area contributed by atoms with Gasteiger partial charge in [0.05, 0.1) is 22.8 Å². The number of carbonyl (C=O) groups is 1. The fourth-order valence-corrected chi connectivity index (χ4v) is 4.32. The Labute approximate surface area is 200 Å². The summed E-state index contributed by atoms with van der Waals surface area (Å²) < 4.78 is 59.8. The van der Waals surface area contributed by atoms with Crippen LogP contribution in [0.4, 0.5) is 29.1 Å². The van der Waals surface area contributed by atoms with E-state index in [1.807, 2.05) is 0 Å². The number of nitrogens with zero attached hydrogens (tertiary/aromatic N) is 3. The molecule has 1 amide bonds. The largest absolute Gasteiger partial charge is 0.384 e. The molecule has 2 N–H and O–H groups in total. The van der Waals surface area contributed by atoms with Crippen LogP contribution in [0.1, 0.15) is 56.3 Å². The molecule has 3 aromatic rings. The first-order chi connectivity index (χ1) is 16.1. The van der Waals surface area contributed by atoms with E-state index in [9.17, 15) is 18.7 Å². The van der Waals surface area contributed by atoms with E-state index < -0.39 is 40.5 Å². The highest BCUT2D eigenvalue weighted by molar-refractivity contribution is 6.09. The van der Waals surface area contributed by atoms with Crippen molar-refractivity contribution >= 4 is 28.3 Å². The van der Waals surface area contributed by atoms with Crippen molar-refractivity contribution in [2.45, 2.75) is 57.9 Å². The summed E-state index contributed by atoms with van der Waals surface area (Å²) in [6, 6.07) is 5.86. The van der Waals surface area contributed by atoms with E-state index in [1.54, 1.807) is 19.9 Å². The highest BCUT2D eigenvalue weighted by atomic mass is 19.3. The number of rotatable bonds is 5. The molecule has 0 bridgehead atoms. The summed E-state index contributed by atoms with van der Waals surface area (Å²) in [5.74, 6) is -5.07. The molecule has 0 fully saturated rings. The summed E-state index contributed by atoms with van der Waals surface area (Å²) in [4.78, 5) is 22.3. The summed E-state index contributed by atoms with van der Waals surface area (Å²) in [5.41, 5.74) is -4.73. The molecule has 186 valence electrons. The summed E-state index contributed by atoms with van der Waals surface area (Å²) in [6.45, 7) is 6.23. The van der Waals surface area contributed by atoms with Gasteiger partial charge < -0.3 is 15.3 Å². The number of halogens is 4. The zero-order chi connectivity index (χ0) is 26.1. The third-order valence-corrected chi connectivity index (χ3v) is 6.45. The average Bonchev–Trinajstić information content (AvgIpc) is 2.91. The minimum absolute atomic E-state index is 0.0550. The lowest BCUT2D eigenvalue weighted by Crippen LogP contribution is -2.41. The molecule has 10 heteroatoms. The summed E-state index contributed by atoms with van der Waals surface area (Å²) in [5, 5.41) is 13.4. The molecule has 2 atom stereocenters. The third-order valence-electron chi connectivity index (χ3n) is 6.45. The molecular weight excluding hydrogens is 464 g/mol. The Kier molecular flexibility index (Phi) is 5.59. The van der Waals surface area contributed by atoms with Crippen molar-refractivity contribution in [1.29, 1.82) is 0 Å². The maximum Gasteiger partial charge on any atom is 0.303 e. The number of aliphatic hydroxyl groups is 1. The first kappa shape index (κ1) is 24.8. The number of benzene rings is 2. The first-order valence-corrected chi connectivity index (χ1v) is 11.0. The summed E-state index contributed by atoms with van der Waals surface area (Å²) >= 11 is 0. The van der Waals surface area contributed by atoms with Crippen LogP contribution in [0.5, 0.6) is 0 Å². The number of anilines is 2. The second kappa shape index (κ2) is 7.87. The van der Waals surface area contributed by atoms with Crippen LogP contribution in [0, 0.1) is 12.7 Å². The van der Waals surface area contributed by atoms with E-state index in [2.05, 4.69) is 15.3 Å². The Morgan fingerprint density at radius 3 is 2.49 bits per heavy atom. The number of aromatic nitrogens is 2. The van der Waals surface area contributed by atoms with E-state index in [0.717, 1.165) is 19.9 Å². The van der Waals surface area contributed by atoms with Crippen molar-refractivity contribution < 1.29 is 27.5 Å². The van der Waals surface area contributed by atoms with Gasteiger partial charge in [-0.1, -0.05) is 12.1 Å². The molecule has 2 heterocycles. The fraction of sp³-hybridized carbons (Fsp3) is 0.400. The first-order valence-electron chi connectivity index (χ1n) is 11.0. The van der Waals surface area contributed by atoms with Crippen molar-refractivity contribution in [1.82, 2.24) is 9.97 Å². The van der Waals surface area contributed by atoms with Crippen molar-refractivity contribution in [2.75, 3.05) is 17.3 Å². The van der Waals surface area contributed by atoms with Crippen LogP contribution in [0.15, 0.2) is 30.3 Å². The number of aryl methyl sites for hydroxylation is 1. The highest BCUT2D eigenvalue weighted by Gasteiger charge is 2.49. The molecule has 1 unspecified atom stereocenters. The van der Waals surface area contributed by atoms with Gasteiger partial charge in [-0.15, -0.1) is 0 Å². The molecule has 0 spiro atoms. The molecule has 1 aliphatic rings. The number of alkyl halides is 3. The number of fused-ring (bicyclic) bond motifs is 2. The number of nitrogens with one attached hydrogen (secondary N) is 1. The van der Waals surface area contributed by atoms with Crippen molar-refractivity contribution in [3.05, 3.63) is 58.7 Å². The van der Waals surface area contributed by atoms with Gasteiger partial charge in [0.2, 0.25) is 5.67 Å². The average molecular weight is 491 g/mol. The molecule has 2 aromatic carbocycles. The molecule has 0 aliphatic carbocycles. The summed E-state index contributed by atoms with van der Waals surface area (Å²) in [6.07, 6.45) is 0. The molecule has 0 saturated heterocycles. The van der Waals surface area contributed by atoms with Crippen LogP contribution in [-0.2, 0) is 16.4 Å². The van der Waals surface area contributed by atoms with Crippen LogP contribution in [0.25, 0.3) is 10.9 Å². The van der Waals surface area contributed by atoms with E-state index in [0.29, 0.717) is 22.4 Å². The van der Waals surface area contributed by atoms with Gasteiger partial charge >= 0.3 is 5.92 Å². The van der Waals surface area contributed by atoms with Gasteiger partial charge in [-0.05, 0) is 52.8 Å². The fourth-order valence-electron chi connectivity index (χ4n) is 4.32. The van der Waals surface area contributed by atoms with E-state index >= 15 is 8.78 Å². The number of hydrogen-bond donors (Lipinski definition) is 2. The van der Waals surface area contributed by atoms with Gasteiger partial charge in [0, 0.05) is 23.6 Å². The molecule has 0 radical (unpaired) electrons. The van der Waals surface area contributed by atoms with Crippen LogP contribution < -0.4 is 10.2 Å². The van der Waals surface area contributed by atoms with E-state index in [-0.39, 0.29) is 16.9 Å². The summed E-state index contributed by atoms with van der Waals surface area (Å²) in [7, 11) is 1.46. The minimum atomic E-state index is -3.83. The molecule has 1 aliphatic heterocycles. The van der Waals surface area contributed by atoms with Gasteiger partial charge in [-0.3, -0.25) is 4.79 Å². The van der Waals surface area contributed by atoms with Crippen molar-refractivity contribution in [2.24, 2.45) is 0 Å². The topological polar surface area (TPSA) is 78.4 Å². The zero-order valence-corrected chi connectivity index (χ0v) is 20.2. The lowest BCUT2D eigenvalue weighted by Gasteiger charge is -2.30. The number of hydrogen-bond acceptors (Lipinski definition) is 5. The zero-order valence-electron chi connectivity index (χ0n) is 20.2. The lowest BCUT2D eigenvalue weighted by atomic mass is 9.91. The smallest absolute Gasteiger partial charge is 0.303 e. The Hall–Kier alpha value is -3.27. The Morgan fingerprint density at radius 2 is 1.86 bits per heavy atom. The van der Waals surface area contributed by atoms with Crippen LogP contribution in [-0.4, -0.2) is 33.6 Å². The Morgan fingerprint density at radius 1 is 1.20 bits per heavy atom. The van der Waals surface area contributed by atoms with Gasteiger partial charge in [-0.25, -0.2) is 18.7 Å². The quantitative estimate of drug-likeness (QED) is 0.476. The third kappa shape index (κ3) is 3.80. The second-order valence-corrected chi connectivity index (χ2v) is 9.58. The molecular formula is C25H26F4N4O2. The SMILES string of the molecule is Cc1nc(N[C@H](C)c2cccc(C(F)(F)C(C)(C)O)c2F)c2cc3c(cc2n1)C(C)(F)C(=O)N3C. The standard InChI is InChI=1S/C25H26F4N4O2/c1-12(14-8-7-9-16(20(14)26)25(28,29)23(3,4)35)30-21-15-10-19-17(11-18(15)31-13(2)32-21)24(5,27)22(34)33(19)6/h7-12,35H,1-6H3,(H,30,31,32)/t12-,24?/m1/s1. The Bertz CT molecular complexity index is 1350. The van der Waals surface area contributed by atoms with Gasteiger partial charge in [0.25, 0.3) is 5.91 Å². The van der Waals surface area contributed by atoms with Gasteiger partial charge in [0.1, 0.15) is 23.1 Å². The van der Waals surface area contributed by atoms with Crippen molar-refractivity contribution in [3.8, 4) is 0 Å². The number of amides is 1. The second-order valence-electron chi connectivity index (χ2n) is 9.58.